The smallest absolute Gasteiger partial charge is 0.484 e. The number of hydrogen-bond donors (Lipinski definition) is 1. The molecule has 1 aromatic carbocycles. The summed E-state index contributed by atoms with van der Waals surface area (Å²) in [6, 6.07) is 5.01. The van der Waals surface area contributed by atoms with Gasteiger partial charge in [0.05, 0.1) is 0 Å². The predicted molar refractivity (Wildman–Crippen MR) is 79.7 cm³/mol. The van der Waals surface area contributed by atoms with E-state index in [4.69, 9.17) is 4.74 Å². The zero-order valence-corrected chi connectivity index (χ0v) is 13.0. The number of ether oxygens (including phenoxy) is 2. The molecule has 0 aliphatic carbocycles. The van der Waals surface area contributed by atoms with Gasteiger partial charge in [0.15, 0.2) is 6.61 Å². The minimum Gasteiger partial charge on any atom is -0.484 e. The average molecular weight is 344 g/mol. The van der Waals surface area contributed by atoms with Crippen LogP contribution in [0.4, 0.5) is 13.2 Å². The minimum absolute atomic E-state index is 0.101. The topological polar surface area (TPSA) is 50.8 Å². The van der Waals surface area contributed by atoms with Gasteiger partial charge in [-0.1, -0.05) is 0 Å². The molecule has 24 heavy (non-hydrogen) atoms. The van der Waals surface area contributed by atoms with Crippen LogP contribution in [0, 0.1) is 11.8 Å². The molecule has 0 unspecified atom stereocenters. The number of hydrogen-bond acceptors (Lipinski definition) is 4. The molecule has 132 valence electrons. The van der Waals surface area contributed by atoms with Crippen molar-refractivity contribution in [3.05, 3.63) is 24.3 Å². The lowest BCUT2D eigenvalue weighted by Crippen LogP contribution is -2.45. The van der Waals surface area contributed by atoms with E-state index in [9.17, 15) is 18.0 Å². The van der Waals surface area contributed by atoms with Crippen molar-refractivity contribution in [1.82, 2.24) is 10.2 Å². The fourth-order valence-corrected chi connectivity index (χ4v) is 3.24. The number of rotatable bonds is 4. The van der Waals surface area contributed by atoms with Gasteiger partial charge in [-0.25, -0.2) is 0 Å². The SMILES string of the molecule is O=C(COc1ccc(OC(F)(F)F)cc1)N1CC[C@@H]2CNC[C@H]2C1. The van der Waals surface area contributed by atoms with Crippen LogP contribution < -0.4 is 14.8 Å². The predicted octanol–water partition coefficient (Wildman–Crippen LogP) is 2.03. The molecule has 2 saturated heterocycles. The summed E-state index contributed by atoms with van der Waals surface area (Å²) in [6.07, 6.45) is -3.73. The molecule has 5 nitrogen and oxygen atoms in total. The van der Waals surface area contributed by atoms with Gasteiger partial charge in [0.1, 0.15) is 11.5 Å². The van der Waals surface area contributed by atoms with Crippen molar-refractivity contribution in [3.63, 3.8) is 0 Å². The van der Waals surface area contributed by atoms with Gasteiger partial charge in [0, 0.05) is 13.1 Å². The van der Waals surface area contributed by atoms with E-state index in [2.05, 4.69) is 10.1 Å². The molecule has 0 spiro atoms. The summed E-state index contributed by atoms with van der Waals surface area (Å²) >= 11 is 0. The number of carbonyl (C=O) groups is 1. The molecule has 3 rings (SSSR count). The first-order valence-electron chi connectivity index (χ1n) is 7.88. The third kappa shape index (κ3) is 4.31. The highest BCUT2D eigenvalue weighted by Gasteiger charge is 2.34. The maximum Gasteiger partial charge on any atom is 0.573 e. The molecule has 0 aromatic heterocycles. The van der Waals surface area contributed by atoms with Crippen LogP contribution in [-0.2, 0) is 4.79 Å². The van der Waals surface area contributed by atoms with E-state index in [1.54, 1.807) is 4.90 Å². The molecule has 0 saturated carbocycles. The highest BCUT2D eigenvalue weighted by molar-refractivity contribution is 5.77. The summed E-state index contributed by atoms with van der Waals surface area (Å²) in [6.45, 7) is 3.30. The molecule has 1 amide bonds. The van der Waals surface area contributed by atoms with Gasteiger partial charge >= 0.3 is 6.36 Å². The van der Waals surface area contributed by atoms with Crippen LogP contribution in [0.5, 0.6) is 11.5 Å². The molecule has 0 bridgehead atoms. The maximum absolute atomic E-state index is 12.2. The number of carbonyl (C=O) groups excluding carboxylic acids is 1. The molecular formula is C16H19F3N2O3. The van der Waals surface area contributed by atoms with Crippen molar-refractivity contribution in [2.75, 3.05) is 32.8 Å². The van der Waals surface area contributed by atoms with Gasteiger partial charge in [0.25, 0.3) is 5.91 Å². The van der Waals surface area contributed by atoms with Gasteiger partial charge in [-0.15, -0.1) is 13.2 Å². The van der Waals surface area contributed by atoms with E-state index in [0.717, 1.165) is 44.7 Å². The van der Waals surface area contributed by atoms with E-state index < -0.39 is 6.36 Å². The Morgan fingerprint density at radius 3 is 2.54 bits per heavy atom. The Labute approximate surface area is 137 Å². The normalized spacial score (nSPS) is 23.7. The first-order valence-corrected chi connectivity index (χ1v) is 7.88. The maximum atomic E-state index is 12.2. The second-order valence-electron chi connectivity index (χ2n) is 6.11. The Bertz CT molecular complexity index is 577. The lowest BCUT2D eigenvalue weighted by Gasteiger charge is -2.34. The molecule has 0 radical (unpaired) electrons. The van der Waals surface area contributed by atoms with Crippen molar-refractivity contribution in [1.29, 1.82) is 0 Å². The van der Waals surface area contributed by atoms with Crippen molar-refractivity contribution in [2.24, 2.45) is 11.8 Å². The zero-order chi connectivity index (χ0) is 17.2. The third-order valence-electron chi connectivity index (χ3n) is 4.48. The molecule has 2 fully saturated rings. The van der Waals surface area contributed by atoms with E-state index in [0.29, 0.717) is 17.6 Å². The van der Waals surface area contributed by atoms with Crippen LogP contribution in [-0.4, -0.2) is 50.0 Å². The van der Waals surface area contributed by atoms with Crippen molar-refractivity contribution in [3.8, 4) is 11.5 Å². The largest absolute Gasteiger partial charge is 0.573 e. The lowest BCUT2D eigenvalue weighted by atomic mass is 9.89. The van der Waals surface area contributed by atoms with Gasteiger partial charge in [-0.2, -0.15) is 0 Å². The first-order chi connectivity index (χ1) is 11.4. The molecule has 2 aliphatic heterocycles. The molecule has 8 heteroatoms. The first kappa shape index (κ1) is 16.9. The number of benzene rings is 1. The highest BCUT2D eigenvalue weighted by Crippen LogP contribution is 2.27. The van der Waals surface area contributed by atoms with Gasteiger partial charge in [0.2, 0.25) is 0 Å². The number of halogens is 3. The Kier molecular flexibility index (Phi) is 4.84. The molecule has 1 aromatic rings. The summed E-state index contributed by atoms with van der Waals surface area (Å²) in [5.41, 5.74) is 0. The highest BCUT2D eigenvalue weighted by atomic mass is 19.4. The van der Waals surface area contributed by atoms with E-state index in [1.807, 2.05) is 0 Å². The van der Waals surface area contributed by atoms with Crippen molar-refractivity contribution in [2.45, 2.75) is 12.8 Å². The lowest BCUT2D eigenvalue weighted by molar-refractivity contribution is -0.274. The van der Waals surface area contributed by atoms with Crippen LogP contribution in [0.3, 0.4) is 0 Å². The van der Waals surface area contributed by atoms with Crippen LogP contribution in [0.1, 0.15) is 6.42 Å². The fraction of sp³-hybridized carbons (Fsp3) is 0.562. The Hall–Kier alpha value is -1.96. The number of fused-ring (bicyclic) bond motifs is 1. The number of nitrogens with zero attached hydrogens (tertiary/aromatic N) is 1. The average Bonchev–Trinajstić information content (AvgIpc) is 3.00. The van der Waals surface area contributed by atoms with Crippen LogP contribution in [0.25, 0.3) is 0 Å². The Balaban J connectivity index is 1.47. The van der Waals surface area contributed by atoms with Crippen molar-refractivity contribution < 1.29 is 27.4 Å². The van der Waals surface area contributed by atoms with Gasteiger partial charge in [-0.3, -0.25) is 4.79 Å². The fourth-order valence-electron chi connectivity index (χ4n) is 3.24. The second kappa shape index (κ2) is 6.88. The quantitative estimate of drug-likeness (QED) is 0.908. The summed E-state index contributed by atoms with van der Waals surface area (Å²) in [4.78, 5) is 14.0. The number of likely N-dealkylation sites (tertiary alicyclic amines) is 1. The Morgan fingerprint density at radius 2 is 1.83 bits per heavy atom. The third-order valence-corrected chi connectivity index (χ3v) is 4.48. The molecular weight excluding hydrogens is 325 g/mol. The number of nitrogens with one attached hydrogen (secondary N) is 1. The zero-order valence-electron chi connectivity index (χ0n) is 13.0. The monoisotopic (exact) mass is 344 g/mol. The van der Waals surface area contributed by atoms with E-state index in [1.165, 1.54) is 12.1 Å². The number of amides is 1. The number of alkyl halides is 3. The summed E-state index contributed by atoms with van der Waals surface area (Å²) in [5.74, 6) is 1.06. The van der Waals surface area contributed by atoms with Crippen LogP contribution in [0.2, 0.25) is 0 Å². The molecule has 2 heterocycles. The molecule has 2 aliphatic rings. The summed E-state index contributed by atoms with van der Waals surface area (Å²) in [5, 5.41) is 3.34. The van der Waals surface area contributed by atoms with Gasteiger partial charge < -0.3 is 19.7 Å². The standard InChI is InChI=1S/C16H19F3N2O3/c17-16(18,19)24-14-3-1-13(2-4-14)23-10-15(22)21-6-5-11-7-20-8-12(11)9-21/h1-4,11-12,20H,5-10H2/t11-,12+/m1/s1. The second-order valence-corrected chi connectivity index (χ2v) is 6.11. The summed E-state index contributed by atoms with van der Waals surface area (Å²) in [7, 11) is 0. The number of piperidine rings is 1. The molecule has 2 atom stereocenters. The Morgan fingerprint density at radius 1 is 1.17 bits per heavy atom. The van der Waals surface area contributed by atoms with E-state index in [-0.39, 0.29) is 18.3 Å². The summed E-state index contributed by atoms with van der Waals surface area (Å²) < 4.78 is 45.4. The van der Waals surface area contributed by atoms with Gasteiger partial charge in [-0.05, 0) is 55.6 Å². The minimum atomic E-state index is -4.72. The van der Waals surface area contributed by atoms with Crippen LogP contribution in [0.15, 0.2) is 24.3 Å². The van der Waals surface area contributed by atoms with Crippen LogP contribution >= 0.6 is 0 Å². The van der Waals surface area contributed by atoms with Crippen molar-refractivity contribution >= 4 is 5.91 Å². The molecule has 1 N–H and O–H groups in total. The van der Waals surface area contributed by atoms with E-state index >= 15 is 0 Å².